The molecule has 1 saturated heterocycles. The first-order valence-electron chi connectivity index (χ1n) is 7.26. The second kappa shape index (κ2) is 5.39. The number of urea groups is 1. The molecular weight excluding hydrogens is 244 g/mol. The molecule has 2 fully saturated rings. The summed E-state index contributed by atoms with van der Waals surface area (Å²) in [5, 5.41) is 12.2. The van der Waals surface area contributed by atoms with Crippen LogP contribution >= 0.6 is 0 Å². The van der Waals surface area contributed by atoms with Crippen LogP contribution in [0.15, 0.2) is 0 Å². The lowest BCUT2D eigenvalue weighted by Gasteiger charge is -2.41. The van der Waals surface area contributed by atoms with Gasteiger partial charge in [0, 0.05) is 13.1 Å². The molecule has 2 amide bonds. The van der Waals surface area contributed by atoms with Gasteiger partial charge < -0.3 is 15.3 Å². The van der Waals surface area contributed by atoms with Gasteiger partial charge in [-0.3, -0.25) is 0 Å². The summed E-state index contributed by atoms with van der Waals surface area (Å²) in [6.45, 7) is 5.28. The predicted molar refractivity (Wildman–Crippen MR) is 71.9 cm³/mol. The van der Waals surface area contributed by atoms with E-state index in [1.807, 2.05) is 6.92 Å². The van der Waals surface area contributed by atoms with Crippen LogP contribution in [0.25, 0.3) is 0 Å². The highest BCUT2D eigenvalue weighted by molar-refractivity contribution is 5.83. The fourth-order valence-electron chi connectivity index (χ4n) is 3.25. The molecule has 1 aliphatic heterocycles. The molecule has 1 aliphatic carbocycles. The Labute approximate surface area is 114 Å². The zero-order valence-electron chi connectivity index (χ0n) is 11.8. The van der Waals surface area contributed by atoms with Gasteiger partial charge in [0.2, 0.25) is 0 Å². The molecule has 5 heteroatoms. The molecule has 108 valence electrons. The Morgan fingerprint density at radius 3 is 2.58 bits per heavy atom. The fraction of sp³-hybridized carbons (Fsp3) is 0.857. The van der Waals surface area contributed by atoms with E-state index in [2.05, 4.69) is 12.2 Å². The molecule has 2 atom stereocenters. The Bertz CT molecular complexity index is 360. The van der Waals surface area contributed by atoms with Crippen molar-refractivity contribution in [2.75, 3.05) is 13.1 Å². The molecule has 2 aliphatic rings. The molecule has 0 radical (unpaired) electrons. The predicted octanol–water partition coefficient (Wildman–Crippen LogP) is 2.07. The first-order chi connectivity index (χ1) is 8.99. The summed E-state index contributed by atoms with van der Waals surface area (Å²) in [6.07, 6.45) is 5.42. The average molecular weight is 268 g/mol. The lowest BCUT2D eigenvalue weighted by molar-refractivity contribution is -0.142. The van der Waals surface area contributed by atoms with Crippen molar-refractivity contribution in [3.8, 4) is 0 Å². The summed E-state index contributed by atoms with van der Waals surface area (Å²) >= 11 is 0. The minimum Gasteiger partial charge on any atom is -0.480 e. The lowest BCUT2D eigenvalue weighted by Crippen LogP contribution is -2.50. The van der Waals surface area contributed by atoms with Crippen LogP contribution in [0.3, 0.4) is 0 Å². The van der Waals surface area contributed by atoms with Crippen molar-refractivity contribution >= 4 is 12.0 Å². The molecule has 1 heterocycles. The summed E-state index contributed by atoms with van der Waals surface area (Å²) in [5.41, 5.74) is 0.264. The van der Waals surface area contributed by atoms with Gasteiger partial charge in [-0.25, -0.2) is 9.59 Å². The molecular formula is C14H24N2O3. The number of amides is 2. The Kier molecular flexibility index (Phi) is 4.02. The third-order valence-corrected chi connectivity index (χ3v) is 4.99. The van der Waals surface area contributed by atoms with E-state index in [1.54, 1.807) is 0 Å². The van der Waals surface area contributed by atoms with E-state index in [1.165, 1.54) is 24.2 Å². The van der Waals surface area contributed by atoms with Crippen LogP contribution in [0.5, 0.6) is 0 Å². The van der Waals surface area contributed by atoms with E-state index in [-0.39, 0.29) is 17.4 Å². The van der Waals surface area contributed by atoms with Gasteiger partial charge in [0.25, 0.3) is 0 Å². The van der Waals surface area contributed by atoms with Crippen molar-refractivity contribution in [3.05, 3.63) is 0 Å². The molecule has 19 heavy (non-hydrogen) atoms. The topological polar surface area (TPSA) is 69.6 Å². The maximum Gasteiger partial charge on any atom is 0.326 e. The van der Waals surface area contributed by atoms with Crippen molar-refractivity contribution < 1.29 is 14.7 Å². The first-order valence-corrected chi connectivity index (χ1v) is 7.26. The van der Waals surface area contributed by atoms with Gasteiger partial charge in [-0.2, -0.15) is 0 Å². The molecule has 0 aromatic heterocycles. The number of carbonyl (C=O) groups is 2. The largest absolute Gasteiger partial charge is 0.480 e. The normalized spacial score (nSPS) is 28.8. The smallest absolute Gasteiger partial charge is 0.326 e. The van der Waals surface area contributed by atoms with Crippen LogP contribution in [0.1, 0.15) is 46.0 Å². The standard InChI is InChI=1S/C14H24N2O3/c1-3-14(6-4-7-14)9-15-13(19)16-8-5-10(2)11(16)12(17)18/h10-11H,3-9H2,1-2H3,(H,15,19)(H,17,18). The van der Waals surface area contributed by atoms with Crippen LogP contribution in [0.2, 0.25) is 0 Å². The number of carbonyl (C=O) groups excluding carboxylic acids is 1. The molecule has 2 N–H and O–H groups in total. The molecule has 0 aromatic carbocycles. The van der Waals surface area contributed by atoms with E-state index in [9.17, 15) is 14.7 Å². The summed E-state index contributed by atoms with van der Waals surface area (Å²) in [5.74, 6) is -0.860. The van der Waals surface area contributed by atoms with Crippen LogP contribution < -0.4 is 5.32 Å². The zero-order valence-corrected chi connectivity index (χ0v) is 11.8. The SMILES string of the molecule is CCC1(CNC(=O)N2CCC(C)C2C(=O)O)CCC1. The summed E-state index contributed by atoms with van der Waals surface area (Å²) in [6, 6.07) is -0.879. The van der Waals surface area contributed by atoms with Gasteiger partial charge in [-0.05, 0) is 37.0 Å². The molecule has 1 saturated carbocycles. The van der Waals surface area contributed by atoms with Crippen molar-refractivity contribution in [2.45, 2.75) is 52.0 Å². The summed E-state index contributed by atoms with van der Waals surface area (Å²) < 4.78 is 0. The van der Waals surface area contributed by atoms with Gasteiger partial charge in [0.15, 0.2) is 0 Å². The Hall–Kier alpha value is -1.26. The molecule has 2 rings (SSSR count). The second-order valence-corrected chi connectivity index (χ2v) is 6.11. The number of likely N-dealkylation sites (tertiary alicyclic amines) is 1. The monoisotopic (exact) mass is 268 g/mol. The highest BCUT2D eigenvalue weighted by Gasteiger charge is 2.41. The highest BCUT2D eigenvalue weighted by atomic mass is 16.4. The lowest BCUT2D eigenvalue weighted by atomic mass is 9.67. The van der Waals surface area contributed by atoms with Gasteiger partial charge in [-0.1, -0.05) is 20.3 Å². The zero-order chi connectivity index (χ0) is 14.0. The quantitative estimate of drug-likeness (QED) is 0.820. The van der Waals surface area contributed by atoms with Gasteiger partial charge in [-0.15, -0.1) is 0 Å². The number of carboxylic acid groups (broad SMARTS) is 1. The van der Waals surface area contributed by atoms with Gasteiger partial charge in [0.1, 0.15) is 6.04 Å². The van der Waals surface area contributed by atoms with E-state index >= 15 is 0 Å². The number of rotatable bonds is 4. The number of nitrogens with one attached hydrogen (secondary N) is 1. The van der Waals surface area contributed by atoms with E-state index in [0.29, 0.717) is 13.1 Å². The minimum absolute atomic E-state index is 0.0343. The van der Waals surface area contributed by atoms with Crippen molar-refractivity contribution in [1.82, 2.24) is 10.2 Å². The molecule has 5 nitrogen and oxygen atoms in total. The third kappa shape index (κ3) is 2.69. The molecule has 0 aromatic rings. The highest BCUT2D eigenvalue weighted by Crippen LogP contribution is 2.43. The molecule has 0 bridgehead atoms. The first kappa shape index (κ1) is 14.2. The van der Waals surface area contributed by atoms with Crippen LogP contribution in [0, 0.1) is 11.3 Å². The van der Waals surface area contributed by atoms with Crippen LogP contribution in [0.4, 0.5) is 4.79 Å². The van der Waals surface area contributed by atoms with Crippen molar-refractivity contribution in [2.24, 2.45) is 11.3 Å². The van der Waals surface area contributed by atoms with Crippen molar-refractivity contribution in [3.63, 3.8) is 0 Å². The van der Waals surface area contributed by atoms with E-state index in [4.69, 9.17) is 0 Å². The third-order valence-electron chi connectivity index (χ3n) is 4.99. The van der Waals surface area contributed by atoms with Gasteiger partial charge in [0.05, 0.1) is 0 Å². The molecule has 0 spiro atoms. The van der Waals surface area contributed by atoms with Crippen molar-refractivity contribution in [1.29, 1.82) is 0 Å². The van der Waals surface area contributed by atoms with Gasteiger partial charge >= 0.3 is 12.0 Å². The second-order valence-electron chi connectivity index (χ2n) is 6.11. The van der Waals surface area contributed by atoms with E-state index in [0.717, 1.165) is 12.8 Å². The number of nitrogens with zero attached hydrogens (tertiary/aromatic N) is 1. The molecule has 2 unspecified atom stereocenters. The Morgan fingerprint density at radius 1 is 1.42 bits per heavy atom. The van der Waals surface area contributed by atoms with E-state index < -0.39 is 12.0 Å². The maximum atomic E-state index is 12.2. The van der Waals surface area contributed by atoms with Crippen LogP contribution in [-0.2, 0) is 4.79 Å². The summed E-state index contributed by atoms with van der Waals surface area (Å²) in [4.78, 5) is 24.9. The average Bonchev–Trinajstić information content (AvgIpc) is 2.70. The Balaban J connectivity index is 1.91. The Morgan fingerprint density at radius 2 is 2.11 bits per heavy atom. The number of hydrogen-bond acceptors (Lipinski definition) is 2. The maximum absolute atomic E-state index is 12.2. The fourth-order valence-corrected chi connectivity index (χ4v) is 3.25. The van der Waals surface area contributed by atoms with Crippen LogP contribution in [-0.4, -0.2) is 41.1 Å². The number of hydrogen-bond donors (Lipinski definition) is 2. The minimum atomic E-state index is -0.894. The number of aliphatic carboxylic acids is 1. The number of carboxylic acids is 1. The summed E-state index contributed by atoms with van der Waals surface area (Å²) in [7, 11) is 0.